The van der Waals surface area contributed by atoms with Gasteiger partial charge in [0.2, 0.25) is 11.1 Å². The first-order valence-electron chi connectivity index (χ1n) is 7.38. The van der Waals surface area contributed by atoms with Gasteiger partial charge in [-0.05, 0) is 18.6 Å². The Morgan fingerprint density at radius 1 is 1.17 bits per heavy atom. The van der Waals surface area contributed by atoms with Gasteiger partial charge in [0.1, 0.15) is 0 Å². The molecule has 0 N–H and O–H groups in total. The van der Waals surface area contributed by atoms with Gasteiger partial charge < -0.3 is 4.74 Å². The predicted molar refractivity (Wildman–Crippen MR) is 85.2 cm³/mol. The molecule has 1 heterocycles. The van der Waals surface area contributed by atoms with Crippen LogP contribution >= 0.6 is 0 Å². The van der Waals surface area contributed by atoms with Gasteiger partial charge in [-0.2, -0.15) is 5.10 Å². The van der Waals surface area contributed by atoms with Crippen molar-refractivity contribution >= 4 is 11.8 Å². The molecule has 0 unspecified atom stereocenters. The Kier molecular flexibility index (Phi) is 5.05. The van der Waals surface area contributed by atoms with Crippen molar-refractivity contribution in [3.8, 4) is 5.69 Å². The minimum Gasteiger partial charge on any atom is -0.464 e. The SMILES string of the molecule is CCC(=O)c1c(CC)n(-c2ccccc2)nc(C(=O)OC)c1=O. The average Bonchev–Trinajstić information content (AvgIpc) is 2.60. The molecule has 0 aliphatic carbocycles. The number of rotatable bonds is 5. The van der Waals surface area contributed by atoms with Crippen LogP contribution in [0.2, 0.25) is 0 Å². The van der Waals surface area contributed by atoms with Gasteiger partial charge in [0.15, 0.2) is 5.78 Å². The van der Waals surface area contributed by atoms with Gasteiger partial charge in [0.25, 0.3) is 0 Å². The van der Waals surface area contributed by atoms with E-state index in [1.807, 2.05) is 25.1 Å². The lowest BCUT2D eigenvalue weighted by Gasteiger charge is -2.15. The lowest BCUT2D eigenvalue weighted by molar-refractivity contribution is 0.0590. The molecule has 2 aromatic rings. The van der Waals surface area contributed by atoms with E-state index in [1.165, 1.54) is 11.8 Å². The number of carbonyl (C=O) groups is 2. The fourth-order valence-electron chi connectivity index (χ4n) is 2.36. The summed E-state index contributed by atoms with van der Waals surface area (Å²) in [6.45, 7) is 3.51. The molecule has 0 radical (unpaired) electrons. The van der Waals surface area contributed by atoms with Gasteiger partial charge in [-0.3, -0.25) is 9.59 Å². The van der Waals surface area contributed by atoms with E-state index in [0.29, 0.717) is 17.8 Å². The summed E-state index contributed by atoms with van der Waals surface area (Å²) in [6.07, 6.45) is 0.599. The van der Waals surface area contributed by atoms with E-state index in [1.54, 1.807) is 19.1 Å². The summed E-state index contributed by atoms with van der Waals surface area (Å²) < 4.78 is 6.09. The van der Waals surface area contributed by atoms with Crippen molar-refractivity contribution in [3.63, 3.8) is 0 Å². The molecule has 23 heavy (non-hydrogen) atoms. The number of carbonyl (C=O) groups excluding carboxylic acids is 2. The minimum absolute atomic E-state index is 0.00857. The van der Waals surface area contributed by atoms with Crippen LogP contribution in [0.1, 0.15) is 46.8 Å². The first kappa shape index (κ1) is 16.6. The van der Waals surface area contributed by atoms with Gasteiger partial charge in [-0.1, -0.05) is 32.0 Å². The molecular formula is C17H18N2O4. The molecule has 0 aliphatic rings. The van der Waals surface area contributed by atoms with Gasteiger partial charge in [-0.15, -0.1) is 0 Å². The minimum atomic E-state index is -0.854. The van der Waals surface area contributed by atoms with Crippen LogP contribution < -0.4 is 5.43 Å². The van der Waals surface area contributed by atoms with Crippen molar-refractivity contribution in [3.05, 3.63) is 57.5 Å². The zero-order valence-electron chi connectivity index (χ0n) is 13.3. The Hall–Kier alpha value is -2.76. The third-order valence-electron chi connectivity index (χ3n) is 3.50. The molecule has 0 aliphatic heterocycles. The fourth-order valence-corrected chi connectivity index (χ4v) is 2.36. The third-order valence-corrected chi connectivity index (χ3v) is 3.50. The van der Waals surface area contributed by atoms with Crippen molar-refractivity contribution < 1.29 is 14.3 Å². The Morgan fingerprint density at radius 2 is 1.83 bits per heavy atom. The molecule has 0 amide bonds. The summed E-state index contributed by atoms with van der Waals surface area (Å²) in [4.78, 5) is 36.7. The number of benzene rings is 1. The predicted octanol–water partition coefficient (Wildman–Crippen LogP) is 2.17. The number of Topliss-reactive ketones (excluding diaryl/α,β-unsaturated/α-hetero) is 1. The molecule has 0 saturated carbocycles. The maximum atomic E-state index is 12.5. The van der Waals surface area contributed by atoms with E-state index >= 15 is 0 Å². The molecule has 120 valence electrons. The zero-order chi connectivity index (χ0) is 17.0. The molecule has 6 nitrogen and oxygen atoms in total. The van der Waals surface area contributed by atoms with E-state index in [-0.39, 0.29) is 23.5 Å². The van der Waals surface area contributed by atoms with Gasteiger partial charge >= 0.3 is 5.97 Å². The van der Waals surface area contributed by atoms with E-state index in [0.717, 1.165) is 0 Å². The Bertz CT molecular complexity index is 794. The highest BCUT2D eigenvalue weighted by Gasteiger charge is 2.25. The second-order valence-corrected chi connectivity index (χ2v) is 4.87. The molecule has 1 aromatic carbocycles. The summed E-state index contributed by atoms with van der Waals surface area (Å²) in [7, 11) is 1.17. The van der Waals surface area contributed by atoms with E-state index in [9.17, 15) is 14.4 Å². The highest BCUT2D eigenvalue weighted by atomic mass is 16.5. The number of para-hydroxylation sites is 1. The van der Waals surface area contributed by atoms with Crippen LogP contribution in [-0.4, -0.2) is 28.6 Å². The number of ether oxygens (including phenoxy) is 1. The summed E-state index contributed by atoms with van der Waals surface area (Å²) in [5.74, 6) is -1.17. The van der Waals surface area contributed by atoms with Crippen molar-refractivity contribution in [2.24, 2.45) is 0 Å². The number of aromatic nitrogens is 2. The standard InChI is InChI=1S/C17H18N2O4/c1-4-12-14(13(20)5-2)16(21)15(17(22)23-3)18-19(12)11-9-7-6-8-10-11/h6-10H,4-5H2,1-3H3. The van der Waals surface area contributed by atoms with Crippen LogP contribution in [0.3, 0.4) is 0 Å². The van der Waals surface area contributed by atoms with Gasteiger partial charge in [-0.25, -0.2) is 9.48 Å². The molecule has 6 heteroatoms. The molecule has 0 bridgehead atoms. The van der Waals surface area contributed by atoms with Crippen LogP contribution in [0, 0.1) is 0 Å². The number of nitrogens with zero attached hydrogens (tertiary/aromatic N) is 2. The van der Waals surface area contributed by atoms with Crippen molar-refractivity contribution in [1.82, 2.24) is 9.78 Å². The second kappa shape index (κ2) is 7.00. The number of hydrogen-bond acceptors (Lipinski definition) is 5. The van der Waals surface area contributed by atoms with Crippen LogP contribution in [0.25, 0.3) is 5.69 Å². The quantitative estimate of drug-likeness (QED) is 0.624. The van der Waals surface area contributed by atoms with Gasteiger partial charge in [0, 0.05) is 6.42 Å². The Labute approximate surface area is 133 Å². The van der Waals surface area contributed by atoms with Crippen LogP contribution in [0.15, 0.2) is 35.1 Å². The normalized spacial score (nSPS) is 10.4. The molecule has 0 saturated heterocycles. The highest BCUT2D eigenvalue weighted by Crippen LogP contribution is 2.15. The number of hydrogen-bond donors (Lipinski definition) is 0. The molecule has 0 atom stereocenters. The van der Waals surface area contributed by atoms with Crippen molar-refractivity contribution in [2.75, 3.05) is 7.11 Å². The molecule has 2 rings (SSSR count). The van der Waals surface area contributed by atoms with E-state index in [4.69, 9.17) is 0 Å². The third kappa shape index (κ3) is 3.06. The summed E-state index contributed by atoms with van der Waals surface area (Å²) >= 11 is 0. The summed E-state index contributed by atoms with van der Waals surface area (Å²) in [6, 6.07) is 9.05. The first-order chi connectivity index (χ1) is 11.0. The Morgan fingerprint density at radius 3 is 2.35 bits per heavy atom. The maximum Gasteiger partial charge on any atom is 0.362 e. The Balaban J connectivity index is 2.88. The largest absolute Gasteiger partial charge is 0.464 e. The number of esters is 1. The molecule has 0 spiro atoms. The topological polar surface area (TPSA) is 78.3 Å². The van der Waals surface area contributed by atoms with Crippen LogP contribution in [-0.2, 0) is 11.2 Å². The van der Waals surface area contributed by atoms with E-state index in [2.05, 4.69) is 9.84 Å². The van der Waals surface area contributed by atoms with Crippen LogP contribution in [0.5, 0.6) is 0 Å². The van der Waals surface area contributed by atoms with Crippen molar-refractivity contribution in [2.45, 2.75) is 26.7 Å². The van der Waals surface area contributed by atoms with Gasteiger partial charge in [0.05, 0.1) is 24.1 Å². The maximum absolute atomic E-state index is 12.5. The smallest absolute Gasteiger partial charge is 0.362 e. The lowest BCUT2D eigenvalue weighted by Crippen LogP contribution is -2.31. The summed E-state index contributed by atoms with van der Waals surface area (Å²) in [5, 5.41) is 4.14. The van der Waals surface area contributed by atoms with E-state index < -0.39 is 11.4 Å². The number of methoxy groups -OCH3 is 1. The monoisotopic (exact) mass is 314 g/mol. The zero-order valence-corrected chi connectivity index (χ0v) is 13.3. The fraction of sp³-hybridized carbons (Fsp3) is 0.294. The molecule has 1 aromatic heterocycles. The molecular weight excluding hydrogens is 296 g/mol. The lowest BCUT2D eigenvalue weighted by atomic mass is 10.0. The molecule has 0 fully saturated rings. The van der Waals surface area contributed by atoms with Crippen molar-refractivity contribution in [1.29, 1.82) is 0 Å². The second-order valence-electron chi connectivity index (χ2n) is 4.87. The summed E-state index contributed by atoms with van der Waals surface area (Å²) in [5.41, 5.74) is 0.104. The van der Waals surface area contributed by atoms with Crippen LogP contribution in [0.4, 0.5) is 0 Å². The average molecular weight is 314 g/mol. The first-order valence-corrected chi connectivity index (χ1v) is 7.38. The highest BCUT2D eigenvalue weighted by molar-refractivity contribution is 5.99. The number of ketones is 1.